The monoisotopic (exact) mass is 326 g/mol. The second kappa shape index (κ2) is 8.90. The van der Waals surface area contributed by atoms with Gasteiger partial charge in [-0.3, -0.25) is 4.79 Å². The van der Waals surface area contributed by atoms with Crippen molar-refractivity contribution in [3.63, 3.8) is 0 Å². The lowest BCUT2D eigenvalue weighted by molar-refractivity contribution is 0.0730. The second-order valence-electron chi connectivity index (χ2n) is 6.00. The summed E-state index contributed by atoms with van der Waals surface area (Å²) >= 11 is 0. The standard InChI is InChI=1S/C19H22N2O3/c1-14(2)12-23-13-17(18-4-3-11-24-18)21-19(22)16-7-5-15(6-8-16)9-10-20/h3-8,11,14,17H,9,12-13H2,1-2H3,(H,21,22)/t17-/m0/s1. The first-order valence-corrected chi connectivity index (χ1v) is 7.98. The molecule has 2 aromatic rings. The van der Waals surface area contributed by atoms with Crippen LogP contribution in [0.2, 0.25) is 0 Å². The molecule has 0 bridgehead atoms. The minimum Gasteiger partial charge on any atom is -0.467 e. The third kappa shape index (κ3) is 5.25. The van der Waals surface area contributed by atoms with Gasteiger partial charge in [0.05, 0.1) is 25.4 Å². The molecule has 1 aromatic carbocycles. The third-order valence-corrected chi connectivity index (χ3v) is 3.43. The lowest BCUT2D eigenvalue weighted by atomic mass is 10.1. The number of rotatable bonds is 8. The van der Waals surface area contributed by atoms with E-state index in [4.69, 9.17) is 14.4 Å². The van der Waals surface area contributed by atoms with Crippen LogP contribution in [0.25, 0.3) is 0 Å². The Morgan fingerprint density at radius 2 is 2.00 bits per heavy atom. The van der Waals surface area contributed by atoms with E-state index >= 15 is 0 Å². The molecule has 0 saturated carbocycles. The normalized spacial score (nSPS) is 11.9. The number of furan rings is 1. The van der Waals surface area contributed by atoms with Crippen LogP contribution < -0.4 is 5.32 Å². The van der Waals surface area contributed by atoms with Crippen molar-refractivity contribution in [1.82, 2.24) is 5.32 Å². The zero-order chi connectivity index (χ0) is 17.4. The Hall–Kier alpha value is -2.58. The fourth-order valence-corrected chi connectivity index (χ4v) is 2.21. The van der Waals surface area contributed by atoms with Crippen LogP contribution in [-0.4, -0.2) is 19.1 Å². The van der Waals surface area contributed by atoms with Crippen molar-refractivity contribution in [2.24, 2.45) is 5.92 Å². The molecule has 1 amide bonds. The summed E-state index contributed by atoms with van der Waals surface area (Å²) in [5, 5.41) is 11.6. The summed E-state index contributed by atoms with van der Waals surface area (Å²) in [6.45, 7) is 5.12. The van der Waals surface area contributed by atoms with Crippen LogP contribution in [0, 0.1) is 17.2 Å². The van der Waals surface area contributed by atoms with Gasteiger partial charge in [0.25, 0.3) is 5.91 Å². The molecule has 1 N–H and O–H groups in total. The summed E-state index contributed by atoms with van der Waals surface area (Å²) in [6.07, 6.45) is 1.91. The summed E-state index contributed by atoms with van der Waals surface area (Å²) in [7, 11) is 0. The van der Waals surface area contributed by atoms with Crippen LogP contribution >= 0.6 is 0 Å². The number of ether oxygens (including phenoxy) is 1. The van der Waals surface area contributed by atoms with Gasteiger partial charge in [-0.15, -0.1) is 0 Å². The molecular formula is C19H22N2O3. The fraction of sp³-hybridized carbons (Fsp3) is 0.368. The van der Waals surface area contributed by atoms with Crippen molar-refractivity contribution in [3.05, 3.63) is 59.5 Å². The van der Waals surface area contributed by atoms with Crippen molar-refractivity contribution >= 4 is 5.91 Å². The smallest absolute Gasteiger partial charge is 0.251 e. The zero-order valence-corrected chi connectivity index (χ0v) is 14.0. The van der Waals surface area contributed by atoms with Crippen LogP contribution in [0.3, 0.4) is 0 Å². The molecule has 1 aromatic heterocycles. The number of amides is 1. The molecule has 1 atom stereocenters. The van der Waals surface area contributed by atoms with Crippen LogP contribution in [0.5, 0.6) is 0 Å². The fourth-order valence-electron chi connectivity index (χ4n) is 2.21. The van der Waals surface area contributed by atoms with E-state index in [1.807, 2.05) is 6.07 Å². The molecule has 0 fully saturated rings. The van der Waals surface area contributed by atoms with E-state index in [2.05, 4.69) is 25.2 Å². The Kier molecular flexibility index (Phi) is 6.59. The highest BCUT2D eigenvalue weighted by Gasteiger charge is 2.18. The quantitative estimate of drug-likeness (QED) is 0.805. The summed E-state index contributed by atoms with van der Waals surface area (Å²) < 4.78 is 11.1. The first-order chi connectivity index (χ1) is 11.6. The van der Waals surface area contributed by atoms with Gasteiger partial charge in [-0.1, -0.05) is 26.0 Å². The van der Waals surface area contributed by atoms with Gasteiger partial charge in [0, 0.05) is 12.2 Å². The number of hydrogen-bond acceptors (Lipinski definition) is 4. The molecule has 2 rings (SSSR count). The number of carbonyl (C=O) groups excluding carboxylic acids is 1. The lowest BCUT2D eigenvalue weighted by Crippen LogP contribution is -2.31. The molecule has 5 heteroatoms. The zero-order valence-electron chi connectivity index (χ0n) is 14.0. The highest BCUT2D eigenvalue weighted by Crippen LogP contribution is 2.16. The Morgan fingerprint density at radius 3 is 2.58 bits per heavy atom. The molecule has 5 nitrogen and oxygen atoms in total. The summed E-state index contributed by atoms with van der Waals surface area (Å²) in [5.41, 5.74) is 1.43. The van der Waals surface area contributed by atoms with Gasteiger partial charge in [-0.05, 0) is 35.7 Å². The lowest BCUT2D eigenvalue weighted by Gasteiger charge is -2.18. The first kappa shape index (κ1) is 17.8. The maximum atomic E-state index is 12.4. The van der Waals surface area contributed by atoms with Gasteiger partial charge in [0.2, 0.25) is 0 Å². The topological polar surface area (TPSA) is 75.3 Å². The minimum absolute atomic E-state index is 0.201. The van der Waals surface area contributed by atoms with Gasteiger partial charge < -0.3 is 14.5 Å². The maximum absolute atomic E-state index is 12.4. The maximum Gasteiger partial charge on any atom is 0.251 e. The summed E-state index contributed by atoms with van der Waals surface area (Å²) in [4.78, 5) is 12.4. The van der Waals surface area contributed by atoms with Gasteiger partial charge in [0.15, 0.2) is 0 Å². The molecule has 0 unspecified atom stereocenters. The van der Waals surface area contributed by atoms with E-state index in [1.54, 1.807) is 36.6 Å². The van der Waals surface area contributed by atoms with Gasteiger partial charge in [-0.25, -0.2) is 0 Å². The molecule has 0 aliphatic heterocycles. The molecule has 1 heterocycles. The highest BCUT2D eigenvalue weighted by atomic mass is 16.5. The second-order valence-corrected chi connectivity index (χ2v) is 6.00. The molecule has 0 aliphatic rings. The molecule has 0 saturated heterocycles. The highest BCUT2D eigenvalue weighted by molar-refractivity contribution is 5.94. The largest absolute Gasteiger partial charge is 0.467 e. The van der Waals surface area contributed by atoms with Gasteiger partial charge >= 0.3 is 0 Å². The number of nitrogens with one attached hydrogen (secondary N) is 1. The van der Waals surface area contributed by atoms with Crippen molar-refractivity contribution in [1.29, 1.82) is 5.26 Å². The predicted octanol–water partition coefficient (Wildman–Crippen LogP) is 3.49. The average molecular weight is 326 g/mol. The van der Waals surface area contributed by atoms with E-state index in [0.717, 1.165) is 5.56 Å². The van der Waals surface area contributed by atoms with E-state index in [9.17, 15) is 4.79 Å². The Labute approximate surface area is 142 Å². The predicted molar refractivity (Wildman–Crippen MR) is 90.3 cm³/mol. The van der Waals surface area contributed by atoms with Crippen molar-refractivity contribution in [3.8, 4) is 6.07 Å². The molecule has 126 valence electrons. The summed E-state index contributed by atoms with van der Waals surface area (Å²) in [5.74, 6) is 0.881. The minimum atomic E-state index is -0.343. The number of nitriles is 1. The molecule has 0 spiro atoms. The average Bonchev–Trinajstić information content (AvgIpc) is 3.09. The van der Waals surface area contributed by atoms with E-state index < -0.39 is 0 Å². The van der Waals surface area contributed by atoms with E-state index in [0.29, 0.717) is 36.9 Å². The first-order valence-electron chi connectivity index (χ1n) is 7.98. The van der Waals surface area contributed by atoms with Crippen LogP contribution in [0.15, 0.2) is 47.1 Å². The SMILES string of the molecule is CC(C)COC[C@H](NC(=O)c1ccc(CC#N)cc1)c1ccco1. The van der Waals surface area contributed by atoms with Crippen LogP contribution in [-0.2, 0) is 11.2 Å². The van der Waals surface area contributed by atoms with Crippen molar-refractivity contribution in [2.75, 3.05) is 13.2 Å². The van der Waals surface area contributed by atoms with Gasteiger partial charge in [-0.2, -0.15) is 5.26 Å². The van der Waals surface area contributed by atoms with E-state index in [-0.39, 0.29) is 11.9 Å². The Morgan fingerprint density at radius 1 is 1.25 bits per heavy atom. The third-order valence-electron chi connectivity index (χ3n) is 3.43. The van der Waals surface area contributed by atoms with Crippen molar-refractivity contribution in [2.45, 2.75) is 26.3 Å². The van der Waals surface area contributed by atoms with E-state index in [1.165, 1.54) is 0 Å². The van der Waals surface area contributed by atoms with Crippen LogP contribution in [0.4, 0.5) is 0 Å². The molecular weight excluding hydrogens is 304 g/mol. The molecule has 0 radical (unpaired) electrons. The Balaban J connectivity index is 2.02. The number of nitrogens with zero attached hydrogens (tertiary/aromatic N) is 1. The molecule has 0 aliphatic carbocycles. The number of hydrogen-bond donors (Lipinski definition) is 1. The molecule has 24 heavy (non-hydrogen) atoms. The summed E-state index contributed by atoms with van der Waals surface area (Å²) in [6, 6.07) is 12.4. The van der Waals surface area contributed by atoms with Gasteiger partial charge in [0.1, 0.15) is 11.8 Å². The number of carbonyl (C=O) groups is 1. The van der Waals surface area contributed by atoms with Crippen LogP contribution in [0.1, 0.15) is 41.6 Å². The number of benzene rings is 1. The van der Waals surface area contributed by atoms with Crippen molar-refractivity contribution < 1.29 is 13.9 Å². The Bertz CT molecular complexity index is 670.